The quantitative estimate of drug-likeness (QED) is 0.541. The molecule has 106 valence electrons. The van der Waals surface area contributed by atoms with E-state index in [1.165, 1.54) is 13.3 Å². The van der Waals surface area contributed by atoms with E-state index < -0.39 is 0 Å². The summed E-state index contributed by atoms with van der Waals surface area (Å²) >= 11 is 0. The molecule has 0 spiro atoms. The Kier molecular flexibility index (Phi) is 3.46. The highest BCUT2D eigenvalue weighted by atomic mass is 16.6. The van der Waals surface area contributed by atoms with Gasteiger partial charge in [-0.25, -0.2) is 4.98 Å². The molecule has 3 rings (SSSR count). The molecule has 0 aliphatic rings. The third-order valence-corrected chi connectivity index (χ3v) is 2.75. The average Bonchev–Trinajstić information content (AvgIpc) is 3.18. The second-order valence-corrected chi connectivity index (χ2v) is 4.17. The van der Waals surface area contributed by atoms with Crippen LogP contribution in [0.4, 0.5) is 0 Å². The van der Waals surface area contributed by atoms with Gasteiger partial charge >= 0.3 is 0 Å². The maximum absolute atomic E-state index is 5.68. The van der Waals surface area contributed by atoms with Gasteiger partial charge in [0, 0.05) is 0 Å². The van der Waals surface area contributed by atoms with Crippen LogP contribution in [-0.4, -0.2) is 28.0 Å². The maximum atomic E-state index is 5.68. The molecule has 3 aromatic rings. The van der Waals surface area contributed by atoms with Crippen molar-refractivity contribution < 1.29 is 13.7 Å². The van der Waals surface area contributed by atoms with E-state index >= 15 is 0 Å². The van der Waals surface area contributed by atoms with Crippen LogP contribution in [0.1, 0.15) is 12.6 Å². The molecule has 0 atom stereocenters. The van der Waals surface area contributed by atoms with Gasteiger partial charge in [-0.2, -0.15) is 5.10 Å². The van der Waals surface area contributed by atoms with Gasteiger partial charge in [0.15, 0.2) is 17.3 Å². The van der Waals surface area contributed by atoms with Crippen molar-refractivity contribution in [1.29, 1.82) is 0 Å². The van der Waals surface area contributed by atoms with E-state index in [0.717, 1.165) is 0 Å². The number of oxime groups is 1. The predicted molar refractivity (Wildman–Crippen MR) is 74.5 cm³/mol. The molecule has 0 unspecified atom stereocenters. The van der Waals surface area contributed by atoms with Gasteiger partial charge in [-0.1, -0.05) is 5.16 Å². The molecule has 0 saturated heterocycles. The second-order valence-electron chi connectivity index (χ2n) is 4.17. The first-order valence-electron chi connectivity index (χ1n) is 6.20. The lowest BCUT2D eigenvalue weighted by molar-refractivity contribution is 0.213. The second kappa shape index (κ2) is 5.58. The first-order valence-corrected chi connectivity index (χ1v) is 6.20. The van der Waals surface area contributed by atoms with Crippen LogP contribution in [0.3, 0.4) is 0 Å². The fourth-order valence-electron chi connectivity index (χ4n) is 1.78. The van der Waals surface area contributed by atoms with Gasteiger partial charge < -0.3 is 13.7 Å². The standard InChI is InChI=1S/C14H12N4O3/c1-9(18-19-2)10-8-15-17-14(16-10)13-6-5-12(21-13)11-4-3-7-20-11/h3-8H,1-2H3/b18-9+. The summed E-state index contributed by atoms with van der Waals surface area (Å²) in [6, 6.07) is 7.16. The Labute approximate surface area is 120 Å². The zero-order valence-corrected chi connectivity index (χ0v) is 11.5. The topological polar surface area (TPSA) is 86.5 Å². The Morgan fingerprint density at radius 2 is 2.05 bits per heavy atom. The Hall–Kier alpha value is -2.96. The first kappa shape index (κ1) is 13.0. The van der Waals surface area contributed by atoms with Crippen LogP contribution < -0.4 is 0 Å². The van der Waals surface area contributed by atoms with E-state index in [9.17, 15) is 0 Å². The highest BCUT2D eigenvalue weighted by Gasteiger charge is 2.12. The summed E-state index contributed by atoms with van der Waals surface area (Å²) in [5, 5.41) is 11.7. The SMILES string of the molecule is CO/N=C(\C)c1cnnc(-c2ccc(-c3ccco3)o2)n1. The van der Waals surface area contributed by atoms with Gasteiger partial charge in [-0.05, 0) is 31.2 Å². The van der Waals surface area contributed by atoms with Crippen LogP contribution in [0.5, 0.6) is 0 Å². The van der Waals surface area contributed by atoms with Gasteiger partial charge in [-0.3, -0.25) is 0 Å². The number of hydrogen-bond acceptors (Lipinski definition) is 7. The van der Waals surface area contributed by atoms with Gasteiger partial charge in [0.25, 0.3) is 0 Å². The molecule has 0 N–H and O–H groups in total. The van der Waals surface area contributed by atoms with Crippen molar-refractivity contribution in [3.8, 4) is 23.1 Å². The summed E-state index contributed by atoms with van der Waals surface area (Å²) in [6.45, 7) is 1.77. The molecule has 0 aliphatic heterocycles. The molecule has 0 aromatic carbocycles. The van der Waals surface area contributed by atoms with Crippen molar-refractivity contribution in [2.24, 2.45) is 5.16 Å². The highest BCUT2D eigenvalue weighted by Crippen LogP contribution is 2.26. The molecule has 7 nitrogen and oxygen atoms in total. The summed E-state index contributed by atoms with van der Waals surface area (Å²) in [7, 11) is 1.47. The third kappa shape index (κ3) is 2.66. The Bertz CT molecular complexity index is 762. The molecule has 3 aromatic heterocycles. The Morgan fingerprint density at radius 3 is 2.81 bits per heavy atom. The summed E-state index contributed by atoms with van der Waals surface area (Å²) in [5.41, 5.74) is 1.17. The van der Waals surface area contributed by atoms with Crippen LogP contribution >= 0.6 is 0 Å². The van der Waals surface area contributed by atoms with E-state index in [1.807, 2.05) is 6.07 Å². The van der Waals surface area contributed by atoms with Crippen molar-refractivity contribution in [3.05, 3.63) is 42.4 Å². The molecule has 0 radical (unpaired) electrons. The smallest absolute Gasteiger partial charge is 0.218 e. The van der Waals surface area contributed by atoms with Gasteiger partial charge in [0.1, 0.15) is 18.5 Å². The molecule has 0 aliphatic carbocycles. The minimum Gasteiger partial charge on any atom is -0.461 e. The van der Waals surface area contributed by atoms with Gasteiger partial charge in [0.2, 0.25) is 5.82 Å². The number of nitrogens with zero attached hydrogens (tertiary/aromatic N) is 4. The number of furan rings is 2. The molecule has 21 heavy (non-hydrogen) atoms. The van der Waals surface area contributed by atoms with Crippen LogP contribution in [-0.2, 0) is 4.84 Å². The molecule has 0 fully saturated rings. The summed E-state index contributed by atoms with van der Waals surface area (Å²) in [5.74, 6) is 2.12. The van der Waals surface area contributed by atoms with Crippen LogP contribution in [0.2, 0.25) is 0 Å². The Balaban J connectivity index is 1.94. The monoisotopic (exact) mass is 284 g/mol. The lowest BCUT2D eigenvalue weighted by atomic mass is 10.3. The van der Waals surface area contributed by atoms with Crippen molar-refractivity contribution in [1.82, 2.24) is 15.2 Å². The number of rotatable bonds is 4. The normalized spacial score (nSPS) is 11.6. The third-order valence-electron chi connectivity index (χ3n) is 2.75. The average molecular weight is 284 g/mol. The van der Waals surface area contributed by atoms with Crippen molar-refractivity contribution in [2.45, 2.75) is 6.92 Å². The molecular formula is C14H12N4O3. The highest BCUT2D eigenvalue weighted by molar-refractivity contribution is 5.96. The van der Waals surface area contributed by atoms with Gasteiger partial charge in [0.05, 0.1) is 12.5 Å². The number of aromatic nitrogens is 3. The van der Waals surface area contributed by atoms with Crippen LogP contribution in [0.25, 0.3) is 23.1 Å². The van der Waals surface area contributed by atoms with Crippen molar-refractivity contribution in [3.63, 3.8) is 0 Å². The predicted octanol–water partition coefficient (Wildman–Crippen LogP) is 2.76. The Morgan fingerprint density at radius 1 is 1.19 bits per heavy atom. The largest absolute Gasteiger partial charge is 0.461 e. The molecule has 0 amide bonds. The summed E-state index contributed by atoms with van der Waals surface area (Å²) < 4.78 is 11.0. The molecule has 3 heterocycles. The molecule has 0 bridgehead atoms. The minimum absolute atomic E-state index is 0.371. The fraction of sp³-hybridized carbons (Fsp3) is 0.143. The van der Waals surface area contributed by atoms with E-state index in [2.05, 4.69) is 20.3 Å². The fourth-order valence-corrected chi connectivity index (χ4v) is 1.78. The van der Waals surface area contributed by atoms with E-state index in [4.69, 9.17) is 13.7 Å². The molecule has 0 saturated carbocycles. The van der Waals surface area contributed by atoms with Crippen LogP contribution in [0.15, 0.2) is 50.7 Å². The van der Waals surface area contributed by atoms with E-state index in [-0.39, 0.29) is 0 Å². The van der Waals surface area contributed by atoms with E-state index in [1.54, 1.807) is 31.4 Å². The first-order chi connectivity index (χ1) is 10.3. The molecule has 7 heteroatoms. The minimum atomic E-state index is 0.371. The maximum Gasteiger partial charge on any atom is 0.218 e. The lowest BCUT2D eigenvalue weighted by Gasteiger charge is -1.99. The summed E-state index contributed by atoms with van der Waals surface area (Å²) in [4.78, 5) is 9.07. The zero-order chi connectivity index (χ0) is 14.7. The zero-order valence-electron chi connectivity index (χ0n) is 11.5. The van der Waals surface area contributed by atoms with Crippen molar-refractivity contribution in [2.75, 3.05) is 7.11 Å². The van der Waals surface area contributed by atoms with Crippen LogP contribution in [0, 0.1) is 0 Å². The number of hydrogen-bond donors (Lipinski definition) is 0. The lowest BCUT2D eigenvalue weighted by Crippen LogP contribution is -2.03. The molecular weight excluding hydrogens is 272 g/mol. The van der Waals surface area contributed by atoms with Gasteiger partial charge in [-0.15, -0.1) is 5.10 Å². The summed E-state index contributed by atoms with van der Waals surface area (Å²) in [6.07, 6.45) is 3.10. The van der Waals surface area contributed by atoms with E-state index in [0.29, 0.717) is 34.5 Å². The van der Waals surface area contributed by atoms with Crippen molar-refractivity contribution >= 4 is 5.71 Å².